The van der Waals surface area contributed by atoms with Crippen LogP contribution in [0.1, 0.15) is 11.1 Å². The second-order valence-electron chi connectivity index (χ2n) is 4.28. The predicted molar refractivity (Wildman–Crippen MR) is 83.6 cm³/mol. The first-order valence-electron chi connectivity index (χ1n) is 5.76. The highest BCUT2D eigenvalue weighted by Gasteiger charge is 2.12. The minimum Gasteiger partial charge on any atom is -0.341 e. The summed E-state index contributed by atoms with van der Waals surface area (Å²) < 4.78 is 1.08. The van der Waals surface area contributed by atoms with Crippen molar-refractivity contribution in [2.45, 2.75) is 13.0 Å². The zero-order chi connectivity index (χ0) is 13.8. The molecule has 0 spiro atoms. The first-order valence-corrected chi connectivity index (χ1v) is 7.81. The maximum absolute atomic E-state index is 12.1. The van der Waals surface area contributed by atoms with E-state index >= 15 is 0 Å². The molecule has 1 aromatic carbocycles. The van der Waals surface area contributed by atoms with Crippen molar-refractivity contribution in [1.82, 2.24) is 4.90 Å². The van der Waals surface area contributed by atoms with Gasteiger partial charge in [-0.2, -0.15) is 0 Å². The molecule has 0 radical (unpaired) electrons. The Balaban J connectivity index is 1.98. The van der Waals surface area contributed by atoms with Gasteiger partial charge < -0.3 is 4.90 Å². The third-order valence-electron chi connectivity index (χ3n) is 2.77. The van der Waals surface area contributed by atoms with Crippen LogP contribution in [0.2, 0.25) is 5.02 Å². The fourth-order valence-corrected chi connectivity index (χ4v) is 3.13. The molecule has 0 saturated heterocycles. The molecule has 19 heavy (non-hydrogen) atoms. The third-order valence-corrected chi connectivity index (χ3v) is 4.69. The summed E-state index contributed by atoms with van der Waals surface area (Å²) in [6, 6.07) is 9.48. The number of benzene rings is 1. The Morgan fingerprint density at radius 3 is 2.79 bits per heavy atom. The van der Waals surface area contributed by atoms with Crippen molar-refractivity contribution < 1.29 is 4.79 Å². The van der Waals surface area contributed by atoms with Gasteiger partial charge in [-0.25, -0.2) is 0 Å². The molecule has 2 rings (SSSR count). The molecule has 0 N–H and O–H groups in total. The molecule has 0 bridgehead atoms. The van der Waals surface area contributed by atoms with Crippen LogP contribution in [0.4, 0.5) is 0 Å². The highest BCUT2D eigenvalue weighted by atomic mass is 79.9. The monoisotopic (exact) mass is 357 g/mol. The maximum Gasteiger partial charge on any atom is 0.227 e. The first-order chi connectivity index (χ1) is 9.06. The molecule has 2 aromatic rings. The van der Waals surface area contributed by atoms with E-state index in [2.05, 4.69) is 15.9 Å². The number of likely N-dealkylation sites (N-methyl/N-ethyl adjacent to an activating group) is 1. The van der Waals surface area contributed by atoms with Gasteiger partial charge in [-0.15, -0.1) is 11.3 Å². The number of thiophene rings is 1. The van der Waals surface area contributed by atoms with Crippen molar-refractivity contribution >= 4 is 44.8 Å². The topological polar surface area (TPSA) is 20.3 Å². The molecule has 0 atom stereocenters. The van der Waals surface area contributed by atoms with Crippen molar-refractivity contribution in [1.29, 1.82) is 0 Å². The maximum atomic E-state index is 12.1. The summed E-state index contributed by atoms with van der Waals surface area (Å²) >= 11 is 11.1. The van der Waals surface area contributed by atoms with Crippen molar-refractivity contribution in [3.63, 3.8) is 0 Å². The van der Waals surface area contributed by atoms with Gasteiger partial charge in [-0.3, -0.25) is 4.79 Å². The summed E-state index contributed by atoms with van der Waals surface area (Å²) in [6.07, 6.45) is 0.335. The smallest absolute Gasteiger partial charge is 0.227 e. The van der Waals surface area contributed by atoms with E-state index in [1.165, 1.54) is 0 Å². The Kier molecular flexibility index (Phi) is 5.02. The van der Waals surface area contributed by atoms with E-state index in [4.69, 9.17) is 11.6 Å². The van der Waals surface area contributed by atoms with Crippen LogP contribution >= 0.6 is 38.9 Å². The van der Waals surface area contributed by atoms with Gasteiger partial charge in [0.1, 0.15) is 0 Å². The average Bonchev–Trinajstić information content (AvgIpc) is 2.77. The molecule has 0 saturated carbocycles. The molecule has 0 fully saturated rings. The lowest BCUT2D eigenvalue weighted by Gasteiger charge is -2.16. The lowest BCUT2D eigenvalue weighted by atomic mass is 10.1. The quantitative estimate of drug-likeness (QED) is 0.795. The summed E-state index contributed by atoms with van der Waals surface area (Å²) in [5.74, 6) is 0.0652. The Labute approximate surface area is 130 Å². The summed E-state index contributed by atoms with van der Waals surface area (Å²) in [7, 11) is 1.81. The standard InChI is InChI=1S/C14H13BrClNOS/c1-17(8-10-6-13(15)19-9-10)14(18)7-11-4-2-3-5-12(11)16/h2-6,9H,7-8H2,1H3. The number of halogens is 2. The van der Waals surface area contributed by atoms with Crippen LogP contribution < -0.4 is 0 Å². The molecule has 100 valence electrons. The van der Waals surface area contributed by atoms with E-state index in [1.54, 1.807) is 22.3 Å². The van der Waals surface area contributed by atoms with Gasteiger partial charge in [0.25, 0.3) is 0 Å². The summed E-state index contributed by atoms with van der Waals surface area (Å²) in [4.78, 5) is 13.9. The van der Waals surface area contributed by atoms with Gasteiger partial charge in [0.05, 0.1) is 10.2 Å². The van der Waals surface area contributed by atoms with Crippen LogP contribution in [-0.4, -0.2) is 17.9 Å². The number of hydrogen-bond donors (Lipinski definition) is 0. The third kappa shape index (κ3) is 4.06. The molecule has 5 heteroatoms. The number of amides is 1. The van der Waals surface area contributed by atoms with Crippen LogP contribution in [0.15, 0.2) is 39.5 Å². The Morgan fingerprint density at radius 1 is 1.42 bits per heavy atom. The van der Waals surface area contributed by atoms with E-state index < -0.39 is 0 Å². The molecule has 0 aliphatic heterocycles. The van der Waals surface area contributed by atoms with Crippen molar-refractivity contribution in [3.8, 4) is 0 Å². The number of nitrogens with zero attached hydrogens (tertiary/aromatic N) is 1. The van der Waals surface area contributed by atoms with Crippen LogP contribution in [0, 0.1) is 0 Å². The number of carbonyl (C=O) groups is 1. The van der Waals surface area contributed by atoms with Gasteiger partial charge in [0.2, 0.25) is 5.91 Å². The van der Waals surface area contributed by atoms with Gasteiger partial charge in [-0.05, 0) is 44.6 Å². The van der Waals surface area contributed by atoms with Crippen LogP contribution in [0.3, 0.4) is 0 Å². The Morgan fingerprint density at radius 2 is 2.16 bits per heavy atom. The fraction of sp³-hybridized carbons (Fsp3) is 0.214. The largest absolute Gasteiger partial charge is 0.341 e. The number of rotatable bonds is 4. The molecule has 0 aliphatic carbocycles. The average molecular weight is 359 g/mol. The second kappa shape index (κ2) is 6.55. The zero-order valence-corrected chi connectivity index (χ0v) is 13.6. The van der Waals surface area contributed by atoms with Crippen molar-refractivity contribution in [3.05, 3.63) is 55.6 Å². The van der Waals surface area contributed by atoms with E-state index in [0.717, 1.165) is 14.9 Å². The highest BCUT2D eigenvalue weighted by Crippen LogP contribution is 2.22. The molecule has 0 unspecified atom stereocenters. The highest BCUT2D eigenvalue weighted by molar-refractivity contribution is 9.11. The summed E-state index contributed by atoms with van der Waals surface area (Å²) in [5, 5.41) is 2.69. The van der Waals surface area contributed by atoms with Crippen LogP contribution in [-0.2, 0) is 17.8 Å². The predicted octanol–water partition coefficient (Wildman–Crippen LogP) is 4.37. The van der Waals surface area contributed by atoms with Crippen LogP contribution in [0.5, 0.6) is 0 Å². The fourth-order valence-electron chi connectivity index (χ4n) is 1.73. The second-order valence-corrected chi connectivity index (χ2v) is 6.97. The minimum atomic E-state index is 0.0652. The zero-order valence-electron chi connectivity index (χ0n) is 10.4. The Bertz CT molecular complexity index is 584. The van der Waals surface area contributed by atoms with Gasteiger partial charge in [0.15, 0.2) is 0 Å². The van der Waals surface area contributed by atoms with Crippen molar-refractivity contribution in [2.24, 2.45) is 0 Å². The first kappa shape index (κ1) is 14.6. The summed E-state index contributed by atoms with van der Waals surface area (Å²) in [5.41, 5.74) is 2.00. The van der Waals surface area contributed by atoms with Gasteiger partial charge >= 0.3 is 0 Å². The minimum absolute atomic E-state index is 0.0652. The van der Waals surface area contributed by atoms with E-state index in [0.29, 0.717) is 18.0 Å². The van der Waals surface area contributed by atoms with Crippen LogP contribution in [0.25, 0.3) is 0 Å². The summed E-state index contributed by atoms with van der Waals surface area (Å²) in [6.45, 7) is 0.616. The van der Waals surface area contributed by atoms with E-state index in [1.807, 2.05) is 36.7 Å². The molecular formula is C14H13BrClNOS. The number of hydrogen-bond acceptors (Lipinski definition) is 2. The molecule has 1 aromatic heterocycles. The van der Waals surface area contributed by atoms with Gasteiger partial charge in [0, 0.05) is 18.6 Å². The molecular weight excluding hydrogens is 346 g/mol. The molecule has 2 nitrogen and oxygen atoms in total. The molecule has 1 amide bonds. The lowest BCUT2D eigenvalue weighted by molar-refractivity contribution is -0.129. The number of carbonyl (C=O) groups excluding carboxylic acids is 1. The van der Waals surface area contributed by atoms with Crippen molar-refractivity contribution in [2.75, 3.05) is 7.05 Å². The lowest BCUT2D eigenvalue weighted by Crippen LogP contribution is -2.27. The van der Waals surface area contributed by atoms with Gasteiger partial charge in [-0.1, -0.05) is 29.8 Å². The molecule has 1 heterocycles. The molecule has 0 aliphatic rings. The Hall–Kier alpha value is -0.840. The SMILES string of the molecule is CN(Cc1csc(Br)c1)C(=O)Cc1ccccc1Cl. The normalized spacial score (nSPS) is 10.5. The van der Waals surface area contributed by atoms with E-state index in [9.17, 15) is 4.79 Å². The van der Waals surface area contributed by atoms with E-state index in [-0.39, 0.29) is 5.91 Å².